The molecule has 2 heteroatoms. The van der Waals surface area contributed by atoms with Crippen LogP contribution in [0.25, 0.3) is 0 Å². The van der Waals surface area contributed by atoms with E-state index in [1.165, 1.54) is 19.6 Å². The number of hydrogen-bond acceptors (Lipinski definition) is 1. The van der Waals surface area contributed by atoms with Crippen molar-refractivity contribution >= 4 is 17.4 Å². The third-order valence-corrected chi connectivity index (χ3v) is 1.34. The van der Waals surface area contributed by atoms with Crippen LogP contribution in [-0.2, 0) is 0 Å². The van der Waals surface area contributed by atoms with Gasteiger partial charge in [0.05, 0.1) is 0 Å². The molecule has 0 atom stereocenters. The van der Waals surface area contributed by atoms with Gasteiger partial charge in [-0.3, -0.25) is 0 Å². The van der Waals surface area contributed by atoms with Crippen molar-refractivity contribution in [2.75, 3.05) is 19.6 Å². The van der Waals surface area contributed by atoms with Gasteiger partial charge in [0.1, 0.15) is 0 Å². The first-order chi connectivity index (χ1) is 3.35. The normalized spacial score (nSPS) is 9.00. The molecule has 0 aliphatic heterocycles. The molecule has 1 nitrogen and oxygen atoms in total. The first-order valence-corrected chi connectivity index (χ1v) is 3.07. The van der Waals surface area contributed by atoms with Gasteiger partial charge in [0.25, 0.3) is 0 Å². The predicted octanol–water partition coefficient (Wildman–Crippen LogP) is 1.30. The summed E-state index contributed by atoms with van der Waals surface area (Å²) in [5.74, 6) is 0. The molecule has 0 spiro atoms. The molecule has 0 radical (unpaired) electrons. The molecule has 0 aromatic carbocycles. The first-order valence-electron chi connectivity index (χ1n) is 3.07. The Morgan fingerprint density at radius 2 is 1.25 bits per heavy atom. The molecule has 0 fully saturated rings. The fourth-order valence-electron chi connectivity index (χ4n) is 0.671. The van der Waals surface area contributed by atoms with Crippen LogP contribution in [0, 0.1) is 0 Å². The minimum atomic E-state index is 0. The fourth-order valence-corrected chi connectivity index (χ4v) is 0.671. The second-order valence-electron chi connectivity index (χ2n) is 1.62. The van der Waals surface area contributed by atoms with Crippen molar-refractivity contribution in [1.82, 2.24) is 4.90 Å². The van der Waals surface area contributed by atoms with Crippen molar-refractivity contribution in [3.63, 3.8) is 0 Å². The summed E-state index contributed by atoms with van der Waals surface area (Å²) in [6, 6.07) is 0. The van der Waals surface area contributed by atoms with E-state index in [2.05, 4.69) is 25.7 Å². The standard InChI is InChI=1S/C6H15N.Al/c1-4-7(5-2)6-3;/h4-6H2,1-3H3;/q;+3/p+3. The Morgan fingerprint density at radius 3 is 1.25 bits per heavy atom. The maximum Gasteiger partial charge on any atom is 3.00 e. The van der Waals surface area contributed by atoms with E-state index in [0.29, 0.717) is 0 Å². The summed E-state index contributed by atoms with van der Waals surface area (Å²) in [6.45, 7) is 10.1. The Kier molecular flexibility index (Phi) is 10.6. The van der Waals surface area contributed by atoms with Gasteiger partial charge in [-0.2, -0.15) is 0 Å². The molecule has 0 N–H and O–H groups in total. The molecule has 0 aromatic rings. The van der Waals surface area contributed by atoms with Crippen molar-refractivity contribution < 1.29 is 4.28 Å². The van der Waals surface area contributed by atoms with E-state index < -0.39 is 0 Å². The largest absolute Gasteiger partial charge is 3.00 e. The van der Waals surface area contributed by atoms with Gasteiger partial charge in [-0.25, -0.2) is 0 Å². The van der Waals surface area contributed by atoms with Crippen LogP contribution in [0.4, 0.5) is 0 Å². The molecule has 0 aromatic heterocycles. The quantitative estimate of drug-likeness (QED) is 0.522. The van der Waals surface area contributed by atoms with Crippen LogP contribution in [-0.4, -0.2) is 41.9 Å². The van der Waals surface area contributed by atoms with Gasteiger partial charge < -0.3 is 4.90 Å². The molecule has 8 heavy (non-hydrogen) atoms. The van der Waals surface area contributed by atoms with Crippen LogP contribution >= 0.6 is 0 Å². The average Bonchev–Trinajstić information content (AvgIpc) is 1.72. The van der Waals surface area contributed by atoms with Crippen molar-refractivity contribution in [2.45, 2.75) is 20.8 Å². The third kappa shape index (κ3) is 4.65. The SMILES string of the molecule is CCN(CC)CC.[Al+3].[H+].[H+].[H+]. The third-order valence-electron chi connectivity index (χ3n) is 1.34. The molecular weight excluding hydrogens is 113 g/mol. The topological polar surface area (TPSA) is 3.24 Å². The summed E-state index contributed by atoms with van der Waals surface area (Å²) in [4.78, 5) is 2.38. The minimum Gasteiger partial charge on any atom is -0.304 e. The molecule has 0 saturated heterocycles. The first kappa shape index (κ1) is 11.3. The van der Waals surface area contributed by atoms with E-state index in [1.807, 2.05) is 0 Å². The summed E-state index contributed by atoms with van der Waals surface area (Å²) in [7, 11) is 0. The molecule has 0 bridgehead atoms. The van der Waals surface area contributed by atoms with Crippen LogP contribution < -0.4 is 0 Å². The Hall–Kier alpha value is 0.492. The molecular formula is C6H18AlN+6. The fraction of sp³-hybridized carbons (Fsp3) is 1.00. The van der Waals surface area contributed by atoms with Crippen molar-refractivity contribution in [3.05, 3.63) is 0 Å². The zero-order valence-electron chi connectivity index (χ0n) is 9.15. The van der Waals surface area contributed by atoms with Gasteiger partial charge in [-0.15, -0.1) is 0 Å². The summed E-state index contributed by atoms with van der Waals surface area (Å²) in [5.41, 5.74) is 0. The number of hydrogen-bond donors (Lipinski definition) is 0. The summed E-state index contributed by atoms with van der Waals surface area (Å²) < 4.78 is 0. The Balaban J connectivity index is -0.0000000300. The molecule has 0 aliphatic rings. The molecule has 0 heterocycles. The summed E-state index contributed by atoms with van der Waals surface area (Å²) in [6.07, 6.45) is 0. The zero-order valence-corrected chi connectivity index (χ0v) is 7.30. The van der Waals surface area contributed by atoms with E-state index in [1.54, 1.807) is 0 Å². The van der Waals surface area contributed by atoms with E-state index in [4.69, 9.17) is 0 Å². The van der Waals surface area contributed by atoms with E-state index in [9.17, 15) is 0 Å². The average molecular weight is 131 g/mol. The monoisotopic (exact) mass is 131 g/mol. The second-order valence-corrected chi connectivity index (χ2v) is 1.62. The second kappa shape index (κ2) is 7.49. The predicted molar refractivity (Wildman–Crippen MR) is 42.6 cm³/mol. The van der Waals surface area contributed by atoms with Gasteiger partial charge in [-0.05, 0) is 19.6 Å². The van der Waals surface area contributed by atoms with Crippen LogP contribution in [0.5, 0.6) is 0 Å². The Morgan fingerprint density at radius 1 is 1.00 bits per heavy atom. The van der Waals surface area contributed by atoms with Gasteiger partial charge >= 0.3 is 21.6 Å². The van der Waals surface area contributed by atoms with Crippen LogP contribution in [0.1, 0.15) is 25.1 Å². The van der Waals surface area contributed by atoms with Crippen molar-refractivity contribution in [1.29, 1.82) is 0 Å². The van der Waals surface area contributed by atoms with Crippen LogP contribution in [0.2, 0.25) is 0 Å². The van der Waals surface area contributed by atoms with Crippen LogP contribution in [0.3, 0.4) is 0 Å². The minimum absolute atomic E-state index is 0. The number of nitrogens with zero attached hydrogens (tertiary/aromatic N) is 1. The maximum absolute atomic E-state index is 2.38. The van der Waals surface area contributed by atoms with E-state index in [-0.39, 0.29) is 21.6 Å². The summed E-state index contributed by atoms with van der Waals surface area (Å²) in [5, 5.41) is 0. The molecule has 0 unspecified atom stereocenters. The van der Waals surface area contributed by atoms with E-state index in [0.717, 1.165) is 0 Å². The molecule has 44 valence electrons. The summed E-state index contributed by atoms with van der Waals surface area (Å²) >= 11 is 0. The Bertz CT molecular complexity index is 39.3. The van der Waals surface area contributed by atoms with Crippen molar-refractivity contribution in [2.24, 2.45) is 0 Å². The van der Waals surface area contributed by atoms with Gasteiger partial charge in [-0.1, -0.05) is 20.8 Å². The number of rotatable bonds is 3. The molecule has 0 aliphatic carbocycles. The molecule has 0 saturated carbocycles. The van der Waals surface area contributed by atoms with Crippen molar-refractivity contribution in [3.8, 4) is 0 Å². The Labute approximate surface area is 67.7 Å². The smallest absolute Gasteiger partial charge is 0.304 e. The maximum atomic E-state index is 2.38. The van der Waals surface area contributed by atoms with Gasteiger partial charge in [0.2, 0.25) is 0 Å². The van der Waals surface area contributed by atoms with Crippen LogP contribution in [0.15, 0.2) is 0 Å². The van der Waals surface area contributed by atoms with E-state index >= 15 is 0 Å². The molecule has 0 amide bonds. The zero-order chi connectivity index (χ0) is 5.70. The van der Waals surface area contributed by atoms with Gasteiger partial charge in [0.15, 0.2) is 0 Å². The molecule has 0 rings (SSSR count). The van der Waals surface area contributed by atoms with Gasteiger partial charge in [0, 0.05) is 0 Å².